The van der Waals surface area contributed by atoms with Crippen molar-refractivity contribution in [2.24, 2.45) is 4.99 Å². The van der Waals surface area contributed by atoms with Gasteiger partial charge in [0.1, 0.15) is 6.10 Å². The quantitative estimate of drug-likeness (QED) is 0.474. The van der Waals surface area contributed by atoms with E-state index in [4.69, 9.17) is 9.47 Å². The number of rotatable bonds is 5. The van der Waals surface area contributed by atoms with Crippen molar-refractivity contribution in [3.63, 3.8) is 0 Å². The summed E-state index contributed by atoms with van der Waals surface area (Å²) in [5, 5.41) is 3.24. The van der Waals surface area contributed by atoms with Crippen LogP contribution in [0.1, 0.15) is 6.92 Å². The zero-order valence-electron chi connectivity index (χ0n) is 12.7. The molecular formula is C14H24IN3O2. The Bertz CT molecular complexity index is 425. The fourth-order valence-corrected chi connectivity index (χ4v) is 1.65. The third-order valence-electron chi connectivity index (χ3n) is 2.58. The van der Waals surface area contributed by atoms with E-state index in [9.17, 15) is 0 Å². The highest BCUT2D eigenvalue weighted by Crippen LogP contribution is 2.26. The van der Waals surface area contributed by atoms with Gasteiger partial charge in [0.2, 0.25) is 0 Å². The summed E-state index contributed by atoms with van der Waals surface area (Å²) >= 11 is 0. The first kappa shape index (κ1) is 18.8. The maximum atomic E-state index is 5.85. The summed E-state index contributed by atoms with van der Waals surface area (Å²) in [7, 11) is 7.29. The monoisotopic (exact) mass is 393 g/mol. The lowest BCUT2D eigenvalue weighted by atomic mass is 10.3. The first-order valence-corrected chi connectivity index (χ1v) is 6.26. The highest BCUT2D eigenvalue weighted by molar-refractivity contribution is 14.0. The Labute approximate surface area is 138 Å². The second kappa shape index (κ2) is 9.68. The number of ether oxygens (including phenoxy) is 2. The number of benzene rings is 1. The number of halogens is 1. The first-order valence-electron chi connectivity index (χ1n) is 6.26. The van der Waals surface area contributed by atoms with Gasteiger partial charge in [0, 0.05) is 21.1 Å². The van der Waals surface area contributed by atoms with Gasteiger partial charge in [0.25, 0.3) is 0 Å². The highest BCUT2D eigenvalue weighted by atomic mass is 127. The lowest BCUT2D eigenvalue weighted by Gasteiger charge is -2.21. The van der Waals surface area contributed by atoms with Gasteiger partial charge >= 0.3 is 0 Å². The molecule has 1 rings (SSSR count). The third-order valence-corrected chi connectivity index (χ3v) is 2.58. The summed E-state index contributed by atoms with van der Waals surface area (Å²) in [6, 6.07) is 7.63. The fraction of sp³-hybridized carbons (Fsp3) is 0.500. The van der Waals surface area contributed by atoms with Crippen LogP contribution in [0.15, 0.2) is 29.3 Å². The molecule has 0 bridgehead atoms. The number of guanidine groups is 1. The number of methoxy groups -OCH3 is 1. The Balaban J connectivity index is 0.00000361. The van der Waals surface area contributed by atoms with E-state index >= 15 is 0 Å². The fourth-order valence-electron chi connectivity index (χ4n) is 1.65. The number of nitrogens with one attached hydrogen (secondary N) is 1. The predicted octanol–water partition coefficient (Wildman–Crippen LogP) is 2.22. The van der Waals surface area contributed by atoms with Gasteiger partial charge in [-0.25, -0.2) is 0 Å². The summed E-state index contributed by atoms with van der Waals surface area (Å²) in [5.74, 6) is 2.32. The molecule has 0 aliphatic rings. The average molecular weight is 393 g/mol. The molecule has 0 aliphatic heterocycles. The van der Waals surface area contributed by atoms with E-state index in [1.165, 1.54) is 0 Å². The average Bonchev–Trinajstić information content (AvgIpc) is 2.39. The number of hydrogen-bond acceptors (Lipinski definition) is 3. The van der Waals surface area contributed by atoms with E-state index in [2.05, 4.69) is 10.3 Å². The molecule has 1 aromatic carbocycles. The van der Waals surface area contributed by atoms with Crippen molar-refractivity contribution in [1.82, 2.24) is 10.2 Å². The molecule has 114 valence electrons. The van der Waals surface area contributed by atoms with Gasteiger partial charge in [0.15, 0.2) is 17.5 Å². The van der Waals surface area contributed by atoms with Crippen LogP contribution in [-0.2, 0) is 0 Å². The maximum absolute atomic E-state index is 5.85. The number of hydrogen-bond donors (Lipinski definition) is 1. The van der Waals surface area contributed by atoms with Crippen molar-refractivity contribution >= 4 is 29.9 Å². The Morgan fingerprint density at radius 2 is 1.90 bits per heavy atom. The molecule has 20 heavy (non-hydrogen) atoms. The van der Waals surface area contributed by atoms with E-state index in [0.29, 0.717) is 6.54 Å². The minimum atomic E-state index is 0. The molecule has 0 spiro atoms. The van der Waals surface area contributed by atoms with E-state index in [1.807, 2.05) is 50.2 Å². The largest absolute Gasteiger partial charge is 0.493 e. The molecule has 0 aromatic heterocycles. The Morgan fingerprint density at radius 1 is 1.30 bits per heavy atom. The highest BCUT2D eigenvalue weighted by Gasteiger charge is 2.09. The van der Waals surface area contributed by atoms with Gasteiger partial charge in [-0.1, -0.05) is 12.1 Å². The zero-order chi connectivity index (χ0) is 14.3. The van der Waals surface area contributed by atoms with Gasteiger partial charge < -0.3 is 19.7 Å². The van der Waals surface area contributed by atoms with Crippen molar-refractivity contribution in [2.75, 3.05) is 34.8 Å². The second-order valence-electron chi connectivity index (χ2n) is 4.40. The van der Waals surface area contributed by atoms with Crippen molar-refractivity contribution in [1.29, 1.82) is 0 Å². The summed E-state index contributed by atoms with van der Waals surface area (Å²) < 4.78 is 11.1. The molecule has 0 saturated carbocycles. The molecule has 6 heteroatoms. The second-order valence-corrected chi connectivity index (χ2v) is 4.40. The van der Waals surface area contributed by atoms with E-state index in [-0.39, 0.29) is 30.1 Å². The topological polar surface area (TPSA) is 46.1 Å². The molecule has 0 aliphatic carbocycles. The van der Waals surface area contributed by atoms with Crippen LogP contribution in [0.4, 0.5) is 0 Å². The zero-order valence-corrected chi connectivity index (χ0v) is 15.0. The molecular weight excluding hydrogens is 369 g/mol. The van der Waals surface area contributed by atoms with Crippen molar-refractivity contribution in [2.45, 2.75) is 13.0 Å². The molecule has 1 N–H and O–H groups in total. The number of nitrogens with zero attached hydrogens (tertiary/aromatic N) is 2. The van der Waals surface area contributed by atoms with Crippen LogP contribution in [0.5, 0.6) is 11.5 Å². The van der Waals surface area contributed by atoms with Gasteiger partial charge in [-0.2, -0.15) is 0 Å². The normalized spacial score (nSPS) is 12.2. The summed E-state index contributed by atoms with van der Waals surface area (Å²) in [5.41, 5.74) is 0. The van der Waals surface area contributed by atoms with E-state index in [0.717, 1.165) is 17.5 Å². The standard InChI is InChI=1S/C14H23N3O2.HI/c1-11(10-16-14(15-2)17(3)4)19-13-9-7-6-8-12(13)18-5;/h6-9,11H,10H2,1-5H3,(H,15,16);1H. The van der Waals surface area contributed by atoms with Crippen LogP contribution in [0.25, 0.3) is 0 Å². The number of aliphatic imine (C=N–C) groups is 1. The van der Waals surface area contributed by atoms with Crippen LogP contribution in [0.2, 0.25) is 0 Å². The van der Waals surface area contributed by atoms with Crippen LogP contribution < -0.4 is 14.8 Å². The molecule has 0 heterocycles. The van der Waals surface area contributed by atoms with Crippen molar-refractivity contribution < 1.29 is 9.47 Å². The van der Waals surface area contributed by atoms with Gasteiger partial charge in [-0.15, -0.1) is 24.0 Å². The molecule has 5 nitrogen and oxygen atoms in total. The van der Waals surface area contributed by atoms with Crippen LogP contribution in [0, 0.1) is 0 Å². The smallest absolute Gasteiger partial charge is 0.193 e. The van der Waals surface area contributed by atoms with Crippen LogP contribution in [-0.4, -0.2) is 51.8 Å². The van der Waals surface area contributed by atoms with E-state index < -0.39 is 0 Å². The molecule has 1 atom stereocenters. The molecule has 0 fully saturated rings. The lowest BCUT2D eigenvalue weighted by molar-refractivity contribution is 0.213. The molecule has 1 unspecified atom stereocenters. The Hall–Kier alpha value is -1.18. The third kappa shape index (κ3) is 5.85. The maximum Gasteiger partial charge on any atom is 0.193 e. The Morgan fingerprint density at radius 3 is 2.40 bits per heavy atom. The molecule has 0 amide bonds. The van der Waals surface area contributed by atoms with E-state index in [1.54, 1.807) is 14.2 Å². The van der Waals surface area contributed by atoms with Gasteiger partial charge in [0.05, 0.1) is 13.7 Å². The minimum absolute atomic E-state index is 0. The minimum Gasteiger partial charge on any atom is -0.493 e. The predicted molar refractivity (Wildman–Crippen MR) is 93.5 cm³/mol. The van der Waals surface area contributed by atoms with Crippen LogP contribution in [0.3, 0.4) is 0 Å². The lowest BCUT2D eigenvalue weighted by Crippen LogP contribution is -2.41. The summed E-state index contributed by atoms with van der Waals surface area (Å²) in [6.45, 7) is 2.67. The van der Waals surface area contributed by atoms with Crippen molar-refractivity contribution in [3.05, 3.63) is 24.3 Å². The summed E-state index contributed by atoms with van der Waals surface area (Å²) in [4.78, 5) is 6.08. The van der Waals surface area contributed by atoms with Gasteiger partial charge in [-0.05, 0) is 19.1 Å². The SMILES string of the molecule is CN=C(NCC(C)Oc1ccccc1OC)N(C)C.I. The molecule has 1 aromatic rings. The molecule has 0 radical (unpaired) electrons. The van der Waals surface area contributed by atoms with Crippen LogP contribution >= 0.6 is 24.0 Å². The van der Waals surface area contributed by atoms with Crippen molar-refractivity contribution in [3.8, 4) is 11.5 Å². The summed E-state index contributed by atoms with van der Waals surface area (Å²) in [6.07, 6.45) is 0.00741. The first-order chi connectivity index (χ1) is 9.08. The Kier molecular flexibility index (Phi) is 9.11. The molecule has 0 saturated heterocycles. The number of para-hydroxylation sites is 2. The van der Waals surface area contributed by atoms with Gasteiger partial charge in [-0.3, -0.25) is 4.99 Å².